The summed E-state index contributed by atoms with van der Waals surface area (Å²) >= 11 is 0. The Morgan fingerprint density at radius 1 is 1.33 bits per heavy atom. The average molecular weight is 287 g/mol. The van der Waals surface area contributed by atoms with Gasteiger partial charge in [0.05, 0.1) is 0 Å². The molecule has 0 radical (unpaired) electrons. The lowest BCUT2D eigenvalue weighted by molar-refractivity contribution is -0.116. The molecule has 5 nitrogen and oxygen atoms in total. The maximum Gasteiger partial charge on any atom is 0.251 e. The van der Waals surface area contributed by atoms with Crippen molar-refractivity contribution in [3.05, 3.63) is 42.5 Å². The topological polar surface area (TPSA) is 70.2 Å². The van der Waals surface area contributed by atoms with Crippen molar-refractivity contribution in [2.24, 2.45) is 0 Å². The van der Waals surface area contributed by atoms with Crippen LogP contribution in [0.25, 0.3) is 0 Å². The molecule has 1 aliphatic rings. The van der Waals surface area contributed by atoms with E-state index in [4.69, 9.17) is 0 Å². The van der Waals surface area contributed by atoms with Crippen LogP contribution in [0, 0.1) is 0 Å². The zero-order chi connectivity index (χ0) is 15.1. The Morgan fingerprint density at radius 2 is 2.10 bits per heavy atom. The Hall–Kier alpha value is -2.14. The van der Waals surface area contributed by atoms with E-state index in [0.29, 0.717) is 24.2 Å². The molecule has 0 spiro atoms. The molecular weight excluding hydrogens is 266 g/mol. The molecular formula is C16H21N3O2. The van der Waals surface area contributed by atoms with Gasteiger partial charge in [-0.3, -0.25) is 9.59 Å². The smallest absolute Gasteiger partial charge is 0.251 e. The molecule has 0 aliphatic carbocycles. The molecule has 112 valence electrons. The summed E-state index contributed by atoms with van der Waals surface area (Å²) in [4.78, 5) is 23.6. The number of benzene rings is 1. The standard InChI is InChI=1S/C16H21N3O2/c1-2-9-18-16(21)12-5-7-13(8-6-12)19-15(20)11-14-4-3-10-17-14/h2,5-8,14,17H,1,3-4,9-11H2,(H,18,21)(H,19,20). The highest BCUT2D eigenvalue weighted by molar-refractivity contribution is 5.95. The van der Waals surface area contributed by atoms with E-state index in [1.54, 1.807) is 30.3 Å². The van der Waals surface area contributed by atoms with Crippen molar-refractivity contribution in [2.45, 2.75) is 25.3 Å². The van der Waals surface area contributed by atoms with Crippen molar-refractivity contribution in [2.75, 3.05) is 18.4 Å². The van der Waals surface area contributed by atoms with E-state index in [0.717, 1.165) is 19.4 Å². The van der Waals surface area contributed by atoms with E-state index in [2.05, 4.69) is 22.5 Å². The Bertz CT molecular complexity index is 505. The fourth-order valence-electron chi connectivity index (χ4n) is 2.34. The monoisotopic (exact) mass is 287 g/mol. The first kappa shape index (κ1) is 15.3. The van der Waals surface area contributed by atoms with Crippen LogP contribution >= 0.6 is 0 Å². The summed E-state index contributed by atoms with van der Waals surface area (Å²) < 4.78 is 0. The Kier molecular flexibility index (Phi) is 5.51. The lowest BCUT2D eigenvalue weighted by Crippen LogP contribution is -2.27. The number of hydrogen-bond donors (Lipinski definition) is 3. The van der Waals surface area contributed by atoms with Crippen molar-refractivity contribution >= 4 is 17.5 Å². The number of hydrogen-bond acceptors (Lipinski definition) is 3. The minimum atomic E-state index is -0.150. The molecule has 1 aromatic carbocycles. The second kappa shape index (κ2) is 7.59. The summed E-state index contributed by atoms with van der Waals surface area (Å²) in [6.45, 7) is 4.98. The number of carbonyl (C=O) groups is 2. The van der Waals surface area contributed by atoms with Crippen molar-refractivity contribution in [1.29, 1.82) is 0 Å². The molecule has 5 heteroatoms. The fourth-order valence-corrected chi connectivity index (χ4v) is 2.34. The molecule has 0 bridgehead atoms. The van der Waals surface area contributed by atoms with Gasteiger partial charge in [0.2, 0.25) is 5.91 Å². The van der Waals surface area contributed by atoms with Crippen LogP contribution in [-0.2, 0) is 4.79 Å². The molecule has 1 aromatic rings. The van der Waals surface area contributed by atoms with Crippen molar-refractivity contribution in [3.63, 3.8) is 0 Å². The van der Waals surface area contributed by atoms with E-state index in [1.165, 1.54) is 0 Å². The van der Waals surface area contributed by atoms with Gasteiger partial charge in [-0.25, -0.2) is 0 Å². The second-order valence-electron chi connectivity index (χ2n) is 5.12. The third kappa shape index (κ3) is 4.72. The fraction of sp³-hybridized carbons (Fsp3) is 0.375. The first-order valence-corrected chi connectivity index (χ1v) is 7.21. The zero-order valence-electron chi connectivity index (χ0n) is 12.0. The molecule has 0 aromatic heterocycles. The van der Waals surface area contributed by atoms with E-state index in [1.807, 2.05) is 0 Å². The van der Waals surface area contributed by atoms with Crippen LogP contribution in [0.4, 0.5) is 5.69 Å². The van der Waals surface area contributed by atoms with E-state index in [9.17, 15) is 9.59 Å². The Morgan fingerprint density at radius 3 is 2.71 bits per heavy atom. The number of carbonyl (C=O) groups excluding carboxylic acids is 2. The predicted octanol–water partition coefficient (Wildman–Crippen LogP) is 1.68. The van der Waals surface area contributed by atoms with Crippen LogP contribution < -0.4 is 16.0 Å². The predicted molar refractivity (Wildman–Crippen MR) is 83.2 cm³/mol. The molecule has 21 heavy (non-hydrogen) atoms. The van der Waals surface area contributed by atoms with E-state index in [-0.39, 0.29) is 17.9 Å². The van der Waals surface area contributed by atoms with Crippen LogP contribution in [0.15, 0.2) is 36.9 Å². The quantitative estimate of drug-likeness (QED) is 0.697. The summed E-state index contributed by atoms with van der Waals surface area (Å²) in [7, 11) is 0. The van der Waals surface area contributed by atoms with Gasteiger partial charge in [-0.1, -0.05) is 6.08 Å². The SMILES string of the molecule is C=CCNC(=O)c1ccc(NC(=O)CC2CCCN2)cc1. The zero-order valence-corrected chi connectivity index (χ0v) is 12.0. The molecule has 3 N–H and O–H groups in total. The van der Waals surface area contributed by atoms with Gasteiger partial charge in [0.25, 0.3) is 5.91 Å². The van der Waals surface area contributed by atoms with Gasteiger partial charge in [-0.05, 0) is 43.7 Å². The van der Waals surface area contributed by atoms with Gasteiger partial charge in [0.15, 0.2) is 0 Å². The second-order valence-corrected chi connectivity index (χ2v) is 5.12. The normalized spacial score (nSPS) is 17.2. The molecule has 0 saturated carbocycles. The summed E-state index contributed by atoms with van der Waals surface area (Å²) in [6, 6.07) is 7.16. The van der Waals surface area contributed by atoms with Gasteiger partial charge >= 0.3 is 0 Å². The minimum Gasteiger partial charge on any atom is -0.349 e. The lowest BCUT2D eigenvalue weighted by Gasteiger charge is -2.10. The number of anilines is 1. The maximum absolute atomic E-state index is 11.9. The first-order chi connectivity index (χ1) is 10.2. The first-order valence-electron chi connectivity index (χ1n) is 7.21. The van der Waals surface area contributed by atoms with Crippen LogP contribution in [-0.4, -0.2) is 30.9 Å². The summed E-state index contributed by atoms with van der Waals surface area (Å²) in [5.41, 5.74) is 1.27. The van der Waals surface area contributed by atoms with Gasteiger partial charge in [-0.2, -0.15) is 0 Å². The molecule has 1 aliphatic heterocycles. The molecule has 1 heterocycles. The maximum atomic E-state index is 11.9. The van der Waals surface area contributed by atoms with Gasteiger partial charge in [0, 0.05) is 30.3 Å². The molecule has 2 amide bonds. The number of amides is 2. The lowest BCUT2D eigenvalue weighted by atomic mass is 10.1. The van der Waals surface area contributed by atoms with Crippen molar-refractivity contribution < 1.29 is 9.59 Å². The molecule has 1 unspecified atom stereocenters. The molecule has 1 saturated heterocycles. The van der Waals surface area contributed by atoms with Crippen molar-refractivity contribution in [3.8, 4) is 0 Å². The van der Waals surface area contributed by atoms with Crippen LogP contribution in [0.3, 0.4) is 0 Å². The highest BCUT2D eigenvalue weighted by Gasteiger charge is 2.17. The van der Waals surface area contributed by atoms with Gasteiger partial charge in [-0.15, -0.1) is 6.58 Å². The van der Waals surface area contributed by atoms with Crippen LogP contribution in [0.1, 0.15) is 29.6 Å². The summed E-state index contributed by atoms with van der Waals surface area (Å²) in [5.74, 6) is -0.152. The van der Waals surface area contributed by atoms with Crippen molar-refractivity contribution in [1.82, 2.24) is 10.6 Å². The Balaban J connectivity index is 1.85. The van der Waals surface area contributed by atoms with Crippen LogP contribution in [0.5, 0.6) is 0 Å². The van der Waals surface area contributed by atoms with Crippen LogP contribution in [0.2, 0.25) is 0 Å². The minimum absolute atomic E-state index is 0.00161. The summed E-state index contributed by atoms with van der Waals surface area (Å²) in [5, 5.41) is 8.85. The highest BCUT2D eigenvalue weighted by atomic mass is 16.2. The molecule has 1 fully saturated rings. The van der Waals surface area contributed by atoms with E-state index >= 15 is 0 Å². The number of rotatable bonds is 6. The largest absolute Gasteiger partial charge is 0.349 e. The molecule has 1 atom stereocenters. The average Bonchev–Trinajstić information content (AvgIpc) is 2.98. The number of nitrogens with one attached hydrogen (secondary N) is 3. The summed E-state index contributed by atoms with van der Waals surface area (Å²) in [6.07, 6.45) is 4.30. The molecule has 2 rings (SSSR count). The highest BCUT2D eigenvalue weighted by Crippen LogP contribution is 2.13. The van der Waals surface area contributed by atoms with Gasteiger partial charge in [0.1, 0.15) is 0 Å². The Labute approximate surface area is 124 Å². The van der Waals surface area contributed by atoms with E-state index < -0.39 is 0 Å². The third-order valence-corrected chi connectivity index (χ3v) is 3.43. The third-order valence-electron chi connectivity index (χ3n) is 3.43. The van der Waals surface area contributed by atoms with Gasteiger partial charge < -0.3 is 16.0 Å².